The fourth-order valence-corrected chi connectivity index (χ4v) is 6.32. The zero-order valence-electron chi connectivity index (χ0n) is 23.0. The molecule has 3 atom stereocenters. The molecular weight excluding hydrogens is 551 g/mol. The van der Waals surface area contributed by atoms with E-state index in [0.717, 1.165) is 25.1 Å². The highest BCUT2D eigenvalue weighted by molar-refractivity contribution is 6.39. The number of halogens is 2. The van der Waals surface area contributed by atoms with Crippen LogP contribution < -0.4 is 10.7 Å². The average molecular weight is 586 g/mol. The van der Waals surface area contributed by atoms with E-state index in [1.54, 1.807) is 12.1 Å². The smallest absolute Gasteiger partial charge is 0.223 e. The molecule has 0 spiro atoms. The lowest BCUT2D eigenvalue weighted by molar-refractivity contribution is -0.0136. The van der Waals surface area contributed by atoms with Gasteiger partial charge < -0.3 is 19.7 Å². The van der Waals surface area contributed by atoms with Crippen molar-refractivity contribution in [2.24, 2.45) is 5.92 Å². The van der Waals surface area contributed by atoms with Crippen LogP contribution in [0.5, 0.6) is 0 Å². The van der Waals surface area contributed by atoms with Gasteiger partial charge in [-0.15, -0.1) is 0 Å². The molecule has 0 saturated carbocycles. The van der Waals surface area contributed by atoms with Crippen molar-refractivity contribution in [3.63, 3.8) is 0 Å². The molecule has 40 heavy (non-hydrogen) atoms. The van der Waals surface area contributed by atoms with Crippen molar-refractivity contribution in [2.45, 2.75) is 64.8 Å². The van der Waals surface area contributed by atoms with Gasteiger partial charge in [0.1, 0.15) is 0 Å². The zero-order valence-corrected chi connectivity index (χ0v) is 24.5. The number of piperidine rings is 1. The maximum absolute atomic E-state index is 13.6. The second-order valence-corrected chi connectivity index (χ2v) is 11.7. The molecule has 9 nitrogen and oxygen atoms in total. The van der Waals surface area contributed by atoms with Crippen LogP contribution in [-0.2, 0) is 11.3 Å². The predicted molar refractivity (Wildman–Crippen MR) is 157 cm³/mol. The zero-order chi connectivity index (χ0) is 28.6. The van der Waals surface area contributed by atoms with E-state index >= 15 is 0 Å². The monoisotopic (exact) mass is 584 g/mol. The van der Waals surface area contributed by atoms with Crippen LogP contribution >= 0.6 is 23.2 Å². The summed E-state index contributed by atoms with van der Waals surface area (Å²) in [6, 6.07) is 5.73. The number of nitrogens with zero attached hydrogens (tertiary/aromatic N) is 5. The molecule has 1 aromatic carbocycles. The van der Waals surface area contributed by atoms with Gasteiger partial charge in [0.15, 0.2) is 5.43 Å². The minimum Gasteiger partial charge on any atom is -0.389 e. The Labute approximate surface area is 243 Å². The number of hydrogen-bond acceptors (Lipinski definition) is 8. The van der Waals surface area contributed by atoms with Crippen molar-refractivity contribution in [1.82, 2.24) is 19.4 Å². The van der Waals surface area contributed by atoms with Gasteiger partial charge in [0.05, 0.1) is 58.2 Å². The summed E-state index contributed by atoms with van der Waals surface area (Å²) in [5, 5.41) is 24.2. The molecule has 0 bridgehead atoms. The van der Waals surface area contributed by atoms with Crippen LogP contribution in [0, 0.1) is 24.2 Å². The number of hydrogen-bond donors (Lipinski definition) is 2. The number of aliphatic hydroxyl groups is 1. The maximum atomic E-state index is 13.6. The lowest BCUT2D eigenvalue weighted by atomic mass is 9.98. The summed E-state index contributed by atoms with van der Waals surface area (Å²) in [6.45, 7) is 8.92. The number of anilines is 1. The van der Waals surface area contributed by atoms with Gasteiger partial charge in [-0.25, -0.2) is 9.97 Å². The van der Waals surface area contributed by atoms with E-state index in [1.165, 1.54) is 6.20 Å². The number of aromatic nitrogens is 3. The Morgan fingerprint density at radius 2 is 2.10 bits per heavy atom. The molecular formula is C29H34Cl2N6O3. The Bertz CT molecular complexity index is 1520. The first-order chi connectivity index (χ1) is 19.2. The number of pyridine rings is 1. The second kappa shape index (κ2) is 12.0. The van der Waals surface area contributed by atoms with Crippen LogP contribution in [0.25, 0.3) is 22.2 Å². The lowest BCUT2D eigenvalue weighted by Gasteiger charge is -2.32. The first-order valence-electron chi connectivity index (χ1n) is 13.7. The molecule has 212 valence electrons. The summed E-state index contributed by atoms with van der Waals surface area (Å²) in [6.07, 6.45) is 3.31. The molecule has 3 aromatic rings. The van der Waals surface area contributed by atoms with E-state index in [0.29, 0.717) is 69.8 Å². The Kier molecular flexibility index (Phi) is 8.64. The summed E-state index contributed by atoms with van der Waals surface area (Å²) < 4.78 is 7.46. The van der Waals surface area contributed by atoms with Crippen molar-refractivity contribution in [3.8, 4) is 17.3 Å². The lowest BCUT2D eigenvalue weighted by Crippen LogP contribution is -2.42. The van der Waals surface area contributed by atoms with Crippen molar-refractivity contribution in [3.05, 3.63) is 49.9 Å². The topological polar surface area (TPSA) is 116 Å². The molecule has 2 aromatic heterocycles. The summed E-state index contributed by atoms with van der Waals surface area (Å²) >= 11 is 13.7. The molecule has 11 heteroatoms. The van der Waals surface area contributed by atoms with Crippen LogP contribution in [-0.4, -0.2) is 63.0 Å². The van der Waals surface area contributed by atoms with Gasteiger partial charge in [-0.05, 0) is 52.6 Å². The fourth-order valence-electron chi connectivity index (χ4n) is 5.78. The Morgan fingerprint density at radius 1 is 1.30 bits per heavy atom. The largest absolute Gasteiger partial charge is 0.389 e. The summed E-state index contributed by atoms with van der Waals surface area (Å²) in [5.74, 6) is 0.318. The van der Waals surface area contributed by atoms with E-state index in [9.17, 15) is 15.2 Å². The van der Waals surface area contributed by atoms with Crippen LogP contribution in [0.3, 0.4) is 0 Å². The van der Waals surface area contributed by atoms with Gasteiger partial charge >= 0.3 is 0 Å². The fraction of sp³-hybridized carbons (Fsp3) is 0.517. The molecule has 2 N–H and O–H groups in total. The number of nitrogens with one attached hydrogen (secondary N) is 1. The van der Waals surface area contributed by atoms with Gasteiger partial charge in [-0.3, -0.25) is 9.69 Å². The third-order valence-electron chi connectivity index (χ3n) is 7.88. The molecule has 0 aliphatic carbocycles. The summed E-state index contributed by atoms with van der Waals surface area (Å²) in [5.41, 5.74) is 3.18. The predicted octanol–water partition coefficient (Wildman–Crippen LogP) is 4.95. The minimum absolute atomic E-state index is 0.00566. The van der Waals surface area contributed by atoms with E-state index in [1.807, 2.05) is 6.92 Å². The number of likely N-dealkylation sites (tertiary alicyclic amines) is 1. The molecule has 2 saturated heterocycles. The highest BCUT2D eigenvalue weighted by Gasteiger charge is 2.27. The first kappa shape index (κ1) is 28.8. The quantitative estimate of drug-likeness (QED) is 0.418. The first-order valence-corrected chi connectivity index (χ1v) is 14.5. The van der Waals surface area contributed by atoms with Gasteiger partial charge in [0, 0.05) is 47.9 Å². The molecule has 2 aliphatic heterocycles. The van der Waals surface area contributed by atoms with E-state index in [4.69, 9.17) is 27.9 Å². The third-order valence-corrected chi connectivity index (χ3v) is 8.54. The molecule has 2 fully saturated rings. The SMILES string of the molecule is Cc1c(CN2CCC[C@H](C#N)C2)n(C(C)C)c2c(Cl)c(-c3nc(N[C@@H]4CCOC[C@H]4O)ncc3Cl)ccc2c1=O. The molecule has 5 rings (SSSR count). The maximum Gasteiger partial charge on any atom is 0.223 e. The minimum atomic E-state index is -0.675. The standard InChI is InChI=1S/C29H34Cl2N6O3/c1-16(2)37-23(14-36-9-4-5-18(11-32)13-36)17(3)28(39)20-7-6-19(25(31)27(20)37)26-21(30)12-33-29(35-26)34-22-8-10-40-15-24(22)38/h6-7,12,16,18,22,24,38H,4-5,8-10,13-15H2,1-3H3,(H,33,34,35)/t18-,22-,24-/m1/s1. The van der Waals surface area contributed by atoms with Crippen LogP contribution in [0.1, 0.15) is 50.4 Å². The Morgan fingerprint density at radius 3 is 2.83 bits per heavy atom. The van der Waals surface area contributed by atoms with Crippen LogP contribution in [0.2, 0.25) is 10.0 Å². The van der Waals surface area contributed by atoms with Gasteiger partial charge in [-0.2, -0.15) is 5.26 Å². The van der Waals surface area contributed by atoms with Crippen molar-refractivity contribution in [2.75, 3.05) is 31.6 Å². The average Bonchev–Trinajstić information content (AvgIpc) is 2.94. The normalized spacial score (nSPS) is 22.0. The Balaban J connectivity index is 1.61. The number of aliphatic hydroxyl groups excluding tert-OH is 1. The number of rotatable bonds is 6. The van der Waals surface area contributed by atoms with Gasteiger partial charge in [0.25, 0.3) is 0 Å². The van der Waals surface area contributed by atoms with Crippen LogP contribution in [0.15, 0.2) is 23.1 Å². The molecule has 4 heterocycles. The van der Waals surface area contributed by atoms with Crippen molar-refractivity contribution in [1.29, 1.82) is 5.26 Å². The molecule has 0 amide bonds. The van der Waals surface area contributed by atoms with Crippen molar-refractivity contribution >= 4 is 40.1 Å². The van der Waals surface area contributed by atoms with E-state index in [-0.39, 0.29) is 30.0 Å². The molecule has 0 radical (unpaired) electrons. The van der Waals surface area contributed by atoms with Crippen molar-refractivity contribution < 1.29 is 9.84 Å². The molecule has 0 unspecified atom stereocenters. The summed E-state index contributed by atoms with van der Waals surface area (Å²) in [4.78, 5) is 24.9. The molecule has 2 aliphatic rings. The second-order valence-electron chi connectivity index (χ2n) is 11.0. The highest BCUT2D eigenvalue weighted by Crippen LogP contribution is 2.38. The number of ether oxygens (including phenoxy) is 1. The third kappa shape index (κ3) is 5.56. The number of nitriles is 1. The van der Waals surface area contributed by atoms with Gasteiger partial charge in [0.2, 0.25) is 5.95 Å². The summed E-state index contributed by atoms with van der Waals surface area (Å²) in [7, 11) is 0. The highest BCUT2D eigenvalue weighted by atomic mass is 35.5. The van der Waals surface area contributed by atoms with E-state index in [2.05, 4.69) is 44.7 Å². The van der Waals surface area contributed by atoms with Crippen LogP contribution in [0.4, 0.5) is 5.95 Å². The Hall–Kier alpha value is -2.74. The van der Waals surface area contributed by atoms with E-state index < -0.39 is 6.10 Å². The van der Waals surface area contributed by atoms with Gasteiger partial charge in [-0.1, -0.05) is 29.3 Å². The number of fused-ring (bicyclic) bond motifs is 1. The number of benzene rings is 1.